The molecule has 0 radical (unpaired) electrons. The van der Waals surface area contributed by atoms with Crippen LogP contribution in [-0.4, -0.2) is 42.8 Å². The van der Waals surface area contributed by atoms with Crippen LogP contribution in [-0.2, 0) is 16.1 Å². The molecule has 0 aliphatic carbocycles. The van der Waals surface area contributed by atoms with Crippen LogP contribution in [0.5, 0.6) is 0 Å². The van der Waals surface area contributed by atoms with Crippen molar-refractivity contribution in [2.45, 2.75) is 33.2 Å². The second kappa shape index (κ2) is 8.90. The molecule has 3 rings (SSSR count). The predicted molar refractivity (Wildman–Crippen MR) is 113 cm³/mol. The summed E-state index contributed by atoms with van der Waals surface area (Å²) in [7, 11) is 1.73. The summed E-state index contributed by atoms with van der Waals surface area (Å²) in [4.78, 5) is 39.9. The zero-order valence-electron chi connectivity index (χ0n) is 17.2. The fourth-order valence-electron chi connectivity index (χ4n) is 3.47. The third kappa shape index (κ3) is 5.02. The molecule has 152 valence electrons. The maximum absolute atomic E-state index is 12.4. The van der Waals surface area contributed by atoms with E-state index in [0.717, 1.165) is 23.2 Å². The molecule has 2 aromatic rings. The molecule has 0 atom stereocenters. The van der Waals surface area contributed by atoms with Crippen molar-refractivity contribution in [2.24, 2.45) is 0 Å². The van der Waals surface area contributed by atoms with Crippen molar-refractivity contribution in [3.63, 3.8) is 0 Å². The number of amides is 3. The van der Waals surface area contributed by atoms with Crippen molar-refractivity contribution in [2.75, 3.05) is 25.0 Å². The molecule has 1 fully saturated rings. The van der Waals surface area contributed by atoms with E-state index in [4.69, 9.17) is 0 Å². The Morgan fingerprint density at radius 1 is 1.10 bits per heavy atom. The highest BCUT2D eigenvalue weighted by Gasteiger charge is 2.21. The smallest absolute Gasteiger partial charge is 0.251 e. The van der Waals surface area contributed by atoms with Gasteiger partial charge in [-0.25, -0.2) is 0 Å². The standard InChI is InChI=1S/C23H27N3O3/c1-16-6-7-19(17(2)13-16)15-25(3)22(28)14-24-23(29)18-8-10-20(11-9-18)26-12-4-5-21(26)27/h6-11,13H,4-5,12,14-15H2,1-3H3,(H,24,29). The summed E-state index contributed by atoms with van der Waals surface area (Å²) in [6, 6.07) is 13.1. The summed E-state index contributed by atoms with van der Waals surface area (Å²) in [5, 5.41) is 2.68. The van der Waals surface area contributed by atoms with E-state index in [2.05, 4.69) is 11.4 Å². The average Bonchev–Trinajstić information content (AvgIpc) is 3.14. The van der Waals surface area contributed by atoms with Gasteiger partial charge in [0.25, 0.3) is 5.91 Å². The summed E-state index contributed by atoms with van der Waals surface area (Å²) >= 11 is 0. The normalized spacial score (nSPS) is 13.5. The van der Waals surface area contributed by atoms with Gasteiger partial charge in [-0.1, -0.05) is 23.8 Å². The summed E-state index contributed by atoms with van der Waals surface area (Å²) in [5.74, 6) is -0.352. The Balaban J connectivity index is 1.52. The number of carbonyl (C=O) groups excluding carboxylic acids is 3. The minimum absolute atomic E-state index is 0.0629. The third-order valence-corrected chi connectivity index (χ3v) is 5.25. The highest BCUT2D eigenvalue weighted by molar-refractivity contribution is 5.98. The van der Waals surface area contributed by atoms with Gasteiger partial charge in [-0.15, -0.1) is 0 Å². The van der Waals surface area contributed by atoms with Gasteiger partial charge in [0.1, 0.15) is 0 Å². The molecular weight excluding hydrogens is 366 g/mol. The van der Waals surface area contributed by atoms with Crippen LogP contribution in [0.1, 0.15) is 39.9 Å². The monoisotopic (exact) mass is 393 g/mol. The van der Waals surface area contributed by atoms with Gasteiger partial charge in [-0.3, -0.25) is 14.4 Å². The lowest BCUT2D eigenvalue weighted by atomic mass is 10.1. The van der Waals surface area contributed by atoms with Crippen LogP contribution in [0.3, 0.4) is 0 Å². The number of nitrogens with zero attached hydrogens (tertiary/aromatic N) is 2. The van der Waals surface area contributed by atoms with Gasteiger partial charge in [0.15, 0.2) is 0 Å². The fourth-order valence-corrected chi connectivity index (χ4v) is 3.47. The molecule has 1 aliphatic heterocycles. The Morgan fingerprint density at radius 2 is 1.83 bits per heavy atom. The van der Waals surface area contributed by atoms with Crippen LogP contribution < -0.4 is 10.2 Å². The average molecular weight is 393 g/mol. The maximum atomic E-state index is 12.4. The van der Waals surface area contributed by atoms with Crippen LogP contribution in [0.4, 0.5) is 5.69 Å². The highest BCUT2D eigenvalue weighted by Crippen LogP contribution is 2.21. The van der Waals surface area contributed by atoms with E-state index in [1.165, 1.54) is 5.56 Å². The molecule has 0 spiro atoms. The lowest BCUT2D eigenvalue weighted by Crippen LogP contribution is -2.38. The number of carbonyl (C=O) groups is 3. The first-order chi connectivity index (χ1) is 13.8. The molecule has 0 unspecified atom stereocenters. The van der Waals surface area contributed by atoms with E-state index in [1.807, 2.05) is 26.0 Å². The topological polar surface area (TPSA) is 69.7 Å². The van der Waals surface area contributed by atoms with Gasteiger partial charge in [0.2, 0.25) is 11.8 Å². The van der Waals surface area contributed by atoms with Crippen molar-refractivity contribution < 1.29 is 14.4 Å². The number of hydrogen-bond acceptors (Lipinski definition) is 3. The van der Waals surface area contributed by atoms with Gasteiger partial charge in [-0.2, -0.15) is 0 Å². The molecule has 0 saturated carbocycles. The van der Waals surface area contributed by atoms with E-state index in [-0.39, 0.29) is 24.3 Å². The van der Waals surface area contributed by atoms with Crippen LogP contribution in [0.15, 0.2) is 42.5 Å². The first-order valence-corrected chi connectivity index (χ1v) is 9.84. The summed E-state index contributed by atoms with van der Waals surface area (Å²) in [5.41, 5.74) is 4.68. The van der Waals surface area contributed by atoms with Gasteiger partial charge in [0, 0.05) is 37.8 Å². The number of anilines is 1. The van der Waals surface area contributed by atoms with Gasteiger partial charge < -0.3 is 15.1 Å². The Kier molecular flexibility index (Phi) is 6.32. The Labute approximate surface area is 171 Å². The van der Waals surface area contributed by atoms with Crippen LogP contribution in [0.25, 0.3) is 0 Å². The molecule has 1 heterocycles. The Hall–Kier alpha value is -3.15. The highest BCUT2D eigenvalue weighted by atomic mass is 16.2. The third-order valence-electron chi connectivity index (χ3n) is 5.25. The molecule has 2 aromatic carbocycles. The summed E-state index contributed by atoms with van der Waals surface area (Å²) < 4.78 is 0. The number of aryl methyl sites for hydroxylation is 2. The van der Waals surface area contributed by atoms with Crippen LogP contribution in [0, 0.1) is 13.8 Å². The molecule has 1 saturated heterocycles. The summed E-state index contributed by atoms with van der Waals surface area (Å²) in [6.45, 7) is 5.22. The van der Waals surface area contributed by atoms with Crippen LogP contribution in [0.2, 0.25) is 0 Å². The number of nitrogens with one attached hydrogen (secondary N) is 1. The first-order valence-electron chi connectivity index (χ1n) is 9.84. The predicted octanol–water partition coefficient (Wildman–Crippen LogP) is 2.82. The number of likely N-dealkylation sites (N-methyl/N-ethyl adjacent to an activating group) is 1. The number of rotatable bonds is 6. The molecule has 0 bridgehead atoms. The van der Waals surface area contributed by atoms with E-state index >= 15 is 0 Å². The molecule has 6 heteroatoms. The van der Waals surface area contributed by atoms with Gasteiger partial charge in [-0.05, 0) is 55.7 Å². The van der Waals surface area contributed by atoms with Gasteiger partial charge in [0.05, 0.1) is 6.54 Å². The first kappa shape index (κ1) is 20.6. The zero-order chi connectivity index (χ0) is 21.0. The molecular formula is C23H27N3O3. The Morgan fingerprint density at radius 3 is 2.45 bits per heavy atom. The van der Waals surface area contributed by atoms with E-state index in [9.17, 15) is 14.4 Å². The Bertz CT molecular complexity index is 921. The fraction of sp³-hybridized carbons (Fsp3) is 0.348. The quantitative estimate of drug-likeness (QED) is 0.820. The molecule has 0 aromatic heterocycles. The molecule has 6 nitrogen and oxygen atoms in total. The van der Waals surface area contributed by atoms with Crippen LogP contribution >= 0.6 is 0 Å². The largest absolute Gasteiger partial charge is 0.343 e. The van der Waals surface area contributed by atoms with E-state index in [1.54, 1.807) is 41.1 Å². The minimum Gasteiger partial charge on any atom is -0.343 e. The number of benzene rings is 2. The van der Waals surface area contributed by atoms with Crippen molar-refractivity contribution >= 4 is 23.4 Å². The lowest BCUT2D eigenvalue weighted by Gasteiger charge is -2.19. The second-order valence-electron chi connectivity index (χ2n) is 7.56. The van der Waals surface area contributed by atoms with E-state index < -0.39 is 0 Å². The van der Waals surface area contributed by atoms with Gasteiger partial charge >= 0.3 is 0 Å². The lowest BCUT2D eigenvalue weighted by molar-refractivity contribution is -0.129. The molecule has 29 heavy (non-hydrogen) atoms. The zero-order valence-corrected chi connectivity index (χ0v) is 17.2. The molecule has 3 amide bonds. The van der Waals surface area contributed by atoms with Crippen molar-refractivity contribution in [1.29, 1.82) is 0 Å². The molecule has 1 aliphatic rings. The maximum Gasteiger partial charge on any atom is 0.251 e. The van der Waals surface area contributed by atoms with Crippen molar-refractivity contribution in [3.8, 4) is 0 Å². The van der Waals surface area contributed by atoms with Crippen molar-refractivity contribution in [1.82, 2.24) is 10.2 Å². The van der Waals surface area contributed by atoms with Crippen molar-refractivity contribution in [3.05, 3.63) is 64.7 Å². The molecule has 1 N–H and O–H groups in total. The second-order valence-corrected chi connectivity index (χ2v) is 7.56. The summed E-state index contributed by atoms with van der Waals surface area (Å²) in [6.07, 6.45) is 1.43. The number of hydrogen-bond donors (Lipinski definition) is 1. The SMILES string of the molecule is Cc1ccc(CN(C)C(=O)CNC(=O)c2ccc(N3CCCC3=O)cc2)c(C)c1. The minimum atomic E-state index is -0.308. The van der Waals surface area contributed by atoms with E-state index in [0.29, 0.717) is 25.1 Å².